The molecule has 3 aromatic rings. The normalized spacial score (nSPS) is 17.4. The first-order valence-corrected chi connectivity index (χ1v) is 13.9. The van der Waals surface area contributed by atoms with Crippen molar-refractivity contribution in [2.24, 2.45) is 0 Å². The second-order valence-electron chi connectivity index (χ2n) is 9.31. The molecule has 0 aliphatic carbocycles. The van der Waals surface area contributed by atoms with E-state index < -0.39 is 21.4 Å². The topological polar surface area (TPSA) is 140 Å². The van der Waals surface area contributed by atoms with E-state index in [1.807, 2.05) is 20.8 Å². The average molecular weight is 547 g/mol. The van der Waals surface area contributed by atoms with Crippen molar-refractivity contribution in [3.63, 3.8) is 0 Å². The molecular weight excluding hydrogens is 512 g/mol. The van der Waals surface area contributed by atoms with Gasteiger partial charge in [-0.3, -0.25) is 9.29 Å². The largest absolute Gasteiger partial charge is 0.494 e. The van der Waals surface area contributed by atoms with Crippen molar-refractivity contribution >= 4 is 16.0 Å². The van der Waals surface area contributed by atoms with Crippen LogP contribution < -0.4 is 14.2 Å². The van der Waals surface area contributed by atoms with Crippen molar-refractivity contribution in [1.29, 1.82) is 0 Å². The monoisotopic (exact) mass is 546 g/mol. The molecule has 0 amide bonds. The highest BCUT2D eigenvalue weighted by atomic mass is 32.2. The summed E-state index contributed by atoms with van der Waals surface area (Å²) in [5.41, 5.74) is 1.31. The summed E-state index contributed by atoms with van der Waals surface area (Å²) in [6, 6.07) is 5.27. The van der Waals surface area contributed by atoms with Gasteiger partial charge in [0.1, 0.15) is 34.6 Å². The number of rotatable bonds is 11. The molecule has 12 nitrogen and oxygen atoms in total. The van der Waals surface area contributed by atoms with E-state index in [0.717, 1.165) is 12.0 Å². The number of hydrogen-bond donors (Lipinski definition) is 1. The van der Waals surface area contributed by atoms with Gasteiger partial charge in [-0.25, -0.2) is 18.4 Å². The Morgan fingerprint density at radius 1 is 1.08 bits per heavy atom. The molecule has 3 heterocycles. The zero-order valence-corrected chi connectivity index (χ0v) is 23.2. The smallest absolute Gasteiger partial charge is 0.243 e. The molecule has 1 aliphatic rings. The predicted molar refractivity (Wildman–Crippen MR) is 140 cm³/mol. The first-order valence-electron chi connectivity index (χ1n) is 12.4. The van der Waals surface area contributed by atoms with Crippen LogP contribution in [0, 0.1) is 6.92 Å². The number of nitrogens with one attached hydrogen (secondary N) is 1. The first kappa shape index (κ1) is 27.7. The standard InChI is InChI=1S/C25H34N6O6S/c1-15(2)37-22(23-26-13-16(3)14-27-23)17(4)38(32,33)30-25-29-28-24(20-11-8-12-36-20)31(25)21-18(34-5)9-7-10-19(21)35-6/h7,9-10,13-15,17,20,22H,8,11-12H2,1-6H3,(H,29,30)/t17-,20+,22+/m0/s1. The van der Waals surface area contributed by atoms with E-state index >= 15 is 0 Å². The summed E-state index contributed by atoms with van der Waals surface area (Å²) in [5, 5.41) is 7.46. The summed E-state index contributed by atoms with van der Waals surface area (Å²) in [6.07, 6.45) is 3.26. The van der Waals surface area contributed by atoms with E-state index in [1.165, 1.54) is 14.2 Å². The molecular formula is C25H34N6O6S. The van der Waals surface area contributed by atoms with Gasteiger partial charge in [0.05, 0.1) is 20.3 Å². The summed E-state index contributed by atoms with van der Waals surface area (Å²) in [4.78, 5) is 8.66. The molecule has 0 unspecified atom stereocenters. The Balaban J connectivity index is 1.78. The molecule has 1 saturated heterocycles. The van der Waals surface area contributed by atoms with Gasteiger partial charge in [-0.2, -0.15) is 0 Å². The summed E-state index contributed by atoms with van der Waals surface area (Å²) < 4.78 is 54.8. The van der Waals surface area contributed by atoms with Gasteiger partial charge >= 0.3 is 0 Å². The third-order valence-corrected chi connectivity index (χ3v) is 7.85. The lowest BCUT2D eigenvalue weighted by atomic mass is 10.2. The number of benzene rings is 1. The quantitative estimate of drug-likeness (QED) is 0.380. The van der Waals surface area contributed by atoms with E-state index in [2.05, 4.69) is 24.9 Å². The number of aryl methyl sites for hydroxylation is 1. The average Bonchev–Trinajstić information content (AvgIpc) is 3.56. The van der Waals surface area contributed by atoms with Gasteiger partial charge in [0.15, 0.2) is 11.6 Å². The van der Waals surface area contributed by atoms with E-state index in [1.54, 1.807) is 42.1 Å². The van der Waals surface area contributed by atoms with Gasteiger partial charge < -0.3 is 18.9 Å². The molecule has 38 heavy (non-hydrogen) atoms. The molecule has 1 aromatic carbocycles. The van der Waals surface area contributed by atoms with Crippen LogP contribution in [0.4, 0.5) is 5.95 Å². The van der Waals surface area contributed by atoms with Gasteiger partial charge in [0, 0.05) is 19.0 Å². The second-order valence-corrected chi connectivity index (χ2v) is 11.3. The number of anilines is 1. The fraction of sp³-hybridized carbons (Fsp3) is 0.520. The predicted octanol–water partition coefficient (Wildman–Crippen LogP) is 3.53. The molecule has 0 bridgehead atoms. The van der Waals surface area contributed by atoms with Crippen LogP contribution in [0.5, 0.6) is 11.5 Å². The molecule has 2 aromatic heterocycles. The second kappa shape index (κ2) is 11.6. The first-order chi connectivity index (χ1) is 18.2. The van der Waals surface area contributed by atoms with Crippen molar-refractivity contribution < 1.29 is 27.4 Å². The molecule has 206 valence electrons. The number of aromatic nitrogens is 5. The molecule has 1 fully saturated rings. The lowest BCUT2D eigenvalue weighted by molar-refractivity contribution is 0.00152. The summed E-state index contributed by atoms with van der Waals surface area (Å²) in [5.74, 6) is 1.58. The van der Waals surface area contributed by atoms with E-state index in [0.29, 0.717) is 36.0 Å². The molecule has 0 spiro atoms. The fourth-order valence-electron chi connectivity index (χ4n) is 4.23. The van der Waals surface area contributed by atoms with Crippen molar-refractivity contribution in [1.82, 2.24) is 24.7 Å². The van der Waals surface area contributed by atoms with Crippen molar-refractivity contribution in [2.45, 2.75) is 64.1 Å². The molecule has 0 radical (unpaired) electrons. The Kier molecular flexibility index (Phi) is 8.48. The van der Waals surface area contributed by atoms with Crippen LogP contribution in [0.2, 0.25) is 0 Å². The van der Waals surface area contributed by atoms with Crippen LogP contribution in [-0.4, -0.2) is 65.3 Å². The molecule has 4 rings (SSSR count). The Hall–Kier alpha value is -3.29. The van der Waals surface area contributed by atoms with E-state index in [-0.39, 0.29) is 24.0 Å². The number of ether oxygens (including phenoxy) is 4. The maximum absolute atomic E-state index is 13.8. The van der Waals surface area contributed by atoms with Gasteiger partial charge in [-0.1, -0.05) is 6.07 Å². The van der Waals surface area contributed by atoms with E-state index in [9.17, 15) is 8.42 Å². The number of para-hydroxylation sites is 1. The molecule has 3 atom stereocenters. The molecule has 0 saturated carbocycles. The van der Waals surface area contributed by atoms with Gasteiger partial charge in [0.25, 0.3) is 0 Å². The van der Waals surface area contributed by atoms with Gasteiger partial charge in [-0.15, -0.1) is 10.2 Å². The van der Waals surface area contributed by atoms with Crippen LogP contribution >= 0.6 is 0 Å². The number of nitrogens with zero attached hydrogens (tertiary/aromatic N) is 5. The van der Waals surface area contributed by atoms with Crippen molar-refractivity contribution in [3.8, 4) is 17.2 Å². The minimum Gasteiger partial charge on any atom is -0.494 e. The Labute approximate surface area is 222 Å². The summed E-state index contributed by atoms with van der Waals surface area (Å²) in [7, 11) is -1.05. The van der Waals surface area contributed by atoms with Crippen LogP contribution in [0.25, 0.3) is 5.69 Å². The minimum absolute atomic E-state index is 0.0294. The van der Waals surface area contributed by atoms with Gasteiger partial charge in [0.2, 0.25) is 16.0 Å². The summed E-state index contributed by atoms with van der Waals surface area (Å²) in [6.45, 7) is 7.63. The Morgan fingerprint density at radius 3 is 2.29 bits per heavy atom. The zero-order valence-electron chi connectivity index (χ0n) is 22.4. The van der Waals surface area contributed by atoms with E-state index in [4.69, 9.17) is 18.9 Å². The number of methoxy groups -OCH3 is 2. The van der Waals surface area contributed by atoms with Crippen LogP contribution in [0.1, 0.15) is 63.0 Å². The highest BCUT2D eigenvalue weighted by Crippen LogP contribution is 2.39. The highest BCUT2D eigenvalue weighted by Gasteiger charge is 2.37. The number of hydrogen-bond acceptors (Lipinski definition) is 10. The van der Waals surface area contributed by atoms with Crippen LogP contribution in [-0.2, 0) is 19.5 Å². The van der Waals surface area contributed by atoms with Gasteiger partial charge in [-0.05, 0) is 58.2 Å². The highest BCUT2D eigenvalue weighted by molar-refractivity contribution is 7.93. The Bertz CT molecular complexity index is 1320. The number of sulfonamides is 1. The maximum Gasteiger partial charge on any atom is 0.243 e. The zero-order chi connectivity index (χ0) is 27.4. The third kappa shape index (κ3) is 5.74. The maximum atomic E-state index is 13.8. The van der Waals surface area contributed by atoms with Crippen LogP contribution in [0.15, 0.2) is 30.6 Å². The fourth-order valence-corrected chi connectivity index (χ4v) is 5.32. The molecule has 1 aliphatic heterocycles. The minimum atomic E-state index is -4.10. The van der Waals surface area contributed by atoms with Crippen molar-refractivity contribution in [2.75, 3.05) is 25.5 Å². The SMILES string of the molecule is COc1cccc(OC)c1-n1c(NS(=O)(=O)[C@@H](C)[C@@H](OC(C)C)c2ncc(C)cn2)nnc1[C@H]1CCCO1. The lowest BCUT2D eigenvalue weighted by Gasteiger charge is -2.25. The molecule has 1 N–H and O–H groups in total. The van der Waals surface area contributed by atoms with Crippen LogP contribution in [0.3, 0.4) is 0 Å². The summed E-state index contributed by atoms with van der Waals surface area (Å²) >= 11 is 0. The third-order valence-electron chi connectivity index (χ3n) is 6.15. The molecule has 13 heteroatoms. The van der Waals surface area contributed by atoms with Crippen molar-refractivity contribution in [3.05, 3.63) is 47.8 Å². The Morgan fingerprint density at radius 2 is 1.74 bits per heavy atom. The lowest BCUT2D eigenvalue weighted by Crippen LogP contribution is -2.35.